The van der Waals surface area contributed by atoms with Gasteiger partial charge in [-0.15, -0.1) is 0 Å². The molecule has 1 fully saturated rings. The Kier molecular flexibility index (Phi) is 3.05. The second-order valence-electron chi connectivity index (χ2n) is 6.52. The van der Waals surface area contributed by atoms with Gasteiger partial charge in [-0.25, -0.2) is 4.79 Å². The minimum absolute atomic E-state index is 0.0776. The van der Waals surface area contributed by atoms with Crippen molar-refractivity contribution in [2.45, 2.75) is 37.6 Å². The van der Waals surface area contributed by atoms with Gasteiger partial charge in [0.2, 0.25) is 0 Å². The third kappa shape index (κ3) is 1.59. The lowest BCUT2D eigenvalue weighted by atomic mass is 9.64. The maximum Gasteiger partial charge on any atom is 0.335 e. The van der Waals surface area contributed by atoms with Gasteiger partial charge in [0.05, 0.1) is 18.1 Å². The predicted octanol–water partition coefficient (Wildman–Crippen LogP) is 2.57. The first kappa shape index (κ1) is 13.8. The van der Waals surface area contributed by atoms with Crippen molar-refractivity contribution in [1.82, 2.24) is 5.32 Å². The summed E-state index contributed by atoms with van der Waals surface area (Å²) < 4.78 is 5.12. The molecule has 0 amide bonds. The number of hydrogen-bond donors (Lipinski definition) is 2. The number of methoxy groups -OCH3 is 1. The molecule has 1 aromatic rings. The third-order valence-corrected chi connectivity index (χ3v) is 5.71. The van der Waals surface area contributed by atoms with E-state index < -0.39 is 0 Å². The Morgan fingerprint density at radius 2 is 2.23 bits per heavy atom. The molecular formula is C18H22N2O2. The molecule has 0 aromatic heterocycles. The molecule has 4 rings (SSSR count). The highest BCUT2D eigenvalue weighted by Gasteiger charge is 2.57. The molecule has 116 valence electrons. The van der Waals surface area contributed by atoms with Crippen LogP contribution in [0.25, 0.3) is 0 Å². The zero-order valence-corrected chi connectivity index (χ0v) is 13.1. The molecular weight excluding hydrogens is 276 g/mol. The van der Waals surface area contributed by atoms with Crippen molar-refractivity contribution < 1.29 is 9.53 Å². The number of rotatable bonds is 2. The molecule has 22 heavy (non-hydrogen) atoms. The van der Waals surface area contributed by atoms with E-state index in [1.54, 1.807) is 0 Å². The van der Waals surface area contributed by atoms with Crippen LogP contribution in [0.4, 0.5) is 5.69 Å². The summed E-state index contributed by atoms with van der Waals surface area (Å²) in [5, 5.41) is 7.24. The summed E-state index contributed by atoms with van der Waals surface area (Å²) in [6, 6.07) is 8.86. The van der Waals surface area contributed by atoms with Crippen molar-refractivity contribution in [3.63, 3.8) is 0 Å². The highest BCUT2D eigenvalue weighted by atomic mass is 16.5. The Hall–Kier alpha value is -1.81. The first-order valence-corrected chi connectivity index (χ1v) is 8.15. The second kappa shape index (κ2) is 4.85. The fraction of sp³-hybridized carbons (Fsp3) is 0.500. The average Bonchev–Trinajstić information content (AvgIpc) is 3.12. The van der Waals surface area contributed by atoms with Gasteiger partial charge in [-0.1, -0.05) is 25.1 Å². The van der Waals surface area contributed by atoms with Crippen molar-refractivity contribution in [3.8, 4) is 0 Å². The second-order valence-corrected chi connectivity index (χ2v) is 6.52. The molecule has 2 N–H and O–H groups in total. The van der Waals surface area contributed by atoms with Crippen LogP contribution in [0.15, 0.2) is 35.5 Å². The lowest BCUT2D eigenvalue weighted by molar-refractivity contribution is -0.137. The van der Waals surface area contributed by atoms with E-state index in [0.29, 0.717) is 6.04 Å². The molecule has 4 nitrogen and oxygen atoms in total. The van der Waals surface area contributed by atoms with Gasteiger partial charge < -0.3 is 15.4 Å². The van der Waals surface area contributed by atoms with Gasteiger partial charge in [0.25, 0.3) is 0 Å². The maximum absolute atomic E-state index is 12.5. The Morgan fingerprint density at radius 1 is 1.41 bits per heavy atom. The lowest BCUT2D eigenvalue weighted by Crippen LogP contribution is -2.47. The first-order valence-electron chi connectivity index (χ1n) is 8.15. The van der Waals surface area contributed by atoms with E-state index >= 15 is 0 Å². The van der Waals surface area contributed by atoms with E-state index in [2.05, 4.69) is 35.8 Å². The molecule has 1 aromatic carbocycles. The molecule has 2 aliphatic heterocycles. The smallest absolute Gasteiger partial charge is 0.335 e. The number of hydrogen-bond acceptors (Lipinski definition) is 4. The highest BCUT2D eigenvalue weighted by molar-refractivity contribution is 5.93. The Balaban J connectivity index is 1.97. The molecule has 0 bridgehead atoms. The number of benzene rings is 1. The van der Waals surface area contributed by atoms with E-state index in [-0.39, 0.29) is 17.3 Å². The number of nitrogens with one attached hydrogen (secondary N) is 2. The van der Waals surface area contributed by atoms with Crippen molar-refractivity contribution in [3.05, 3.63) is 41.1 Å². The summed E-state index contributed by atoms with van der Waals surface area (Å²) >= 11 is 0. The van der Waals surface area contributed by atoms with Gasteiger partial charge in [0, 0.05) is 17.4 Å². The Labute approximate surface area is 130 Å². The SMILES string of the molecule is CC[C@H]1C[C@@H]2NCC[C@]23C(=C1C(=O)OC)Nc1ccccc13. The molecule has 0 radical (unpaired) electrons. The normalized spacial score (nSPS) is 32.1. The topological polar surface area (TPSA) is 50.4 Å². The maximum atomic E-state index is 12.5. The number of ether oxygens (including phenoxy) is 1. The van der Waals surface area contributed by atoms with E-state index in [0.717, 1.165) is 42.8 Å². The van der Waals surface area contributed by atoms with Crippen LogP contribution in [0.1, 0.15) is 31.7 Å². The molecule has 3 atom stereocenters. The highest BCUT2D eigenvalue weighted by Crippen LogP contribution is 2.56. The monoisotopic (exact) mass is 298 g/mol. The van der Waals surface area contributed by atoms with E-state index in [4.69, 9.17) is 4.74 Å². The summed E-state index contributed by atoms with van der Waals surface area (Å²) in [4.78, 5) is 12.5. The summed E-state index contributed by atoms with van der Waals surface area (Å²) in [6.45, 7) is 3.15. The molecule has 1 aliphatic carbocycles. The number of carbonyl (C=O) groups excluding carboxylic acids is 1. The van der Waals surface area contributed by atoms with Crippen LogP contribution in [0.2, 0.25) is 0 Å². The third-order valence-electron chi connectivity index (χ3n) is 5.71. The summed E-state index contributed by atoms with van der Waals surface area (Å²) in [7, 11) is 1.48. The van der Waals surface area contributed by atoms with Gasteiger partial charge >= 0.3 is 5.97 Å². The van der Waals surface area contributed by atoms with Crippen LogP contribution in [0.3, 0.4) is 0 Å². The molecule has 3 aliphatic rings. The molecule has 1 spiro atoms. The van der Waals surface area contributed by atoms with Crippen LogP contribution in [0.5, 0.6) is 0 Å². The van der Waals surface area contributed by atoms with Gasteiger partial charge in [-0.3, -0.25) is 0 Å². The molecule has 2 heterocycles. The zero-order valence-electron chi connectivity index (χ0n) is 13.1. The number of fused-ring (bicyclic) bond motifs is 1. The first-order chi connectivity index (χ1) is 10.7. The zero-order chi connectivity index (χ0) is 15.3. The van der Waals surface area contributed by atoms with Crippen LogP contribution in [-0.2, 0) is 14.9 Å². The summed E-state index contributed by atoms with van der Waals surface area (Å²) in [5.41, 5.74) is 4.35. The van der Waals surface area contributed by atoms with E-state index in [1.165, 1.54) is 12.7 Å². The van der Waals surface area contributed by atoms with Crippen LogP contribution in [0, 0.1) is 5.92 Å². The van der Waals surface area contributed by atoms with E-state index in [1.807, 2.05) is 6.07 Å². The number of para-hydroxylation sites is 1. The number of esters is 1. The molecule has 0 unspecified atom stereocenters. The van der Waals surface area contributed by atoms with Crippen LogP contribution >= 0.6 is 0 Å². The fourth-order valence-corrected chi connectivity index (χ4v) is 4.72. The van der Waals surface area contributed by atoms with Crippen molar-refractivity contribution >= 4 is 11.7 Å². The number of carbonyl (C=O) groups is 1. The summed E-state index contributed by atoms with van der Waals surface area (Å²) in [5.74, 6) is 0.0832. The quantitative estimate of drug-likeness (QED) is 0.824. The van der Waals surface area contributed by atoms with Gasteiger partial charge in [-0.2, -0.15) is 0 Å². The van der Waals surface area contributed by atoms with Crippen molar-refractivity contribution in [1.29, 1.82) is 0 Å². The predicted molar refractivity (Wildman–Crippen MR) is 85.6 cm³/mol. The largest absolute Gasteiger partial charge is 0.466 e. The fourth-order valence-electron chi connectivity index (χ4n) is 4.72. The lowest BCUT2D eigenvalue weighted by Gasteiger charge is -2.41. The van der Waals surface area contributed by atoms with Crippen molar-refractivity contribution in [2.24, 2.45) is 5.92 Å². The van der Waals surface area contributed by atoms with Gasteiger partial charge in [0.1, 0.15) is 0 Å². The molecule has 0 saturated carbocycles. The number of anilines is 1. The van der Waals surface area contributed by atoms with E-state index in [9.17, 15) is 4.79 Å². The molecule has 1 saturated heterocycles. The minimum atomic E-state index is -0.174. The Morgan fingerprint density at radius 3 is 3.00 bits per heavy atom. The standard InChI is InChI=1S/C18H22N2O2/c1-3-11-10-14-18(8-9-19-14)12-6-4-5-7-13(12)20-16(18)15(11)17(21)22-2/h4-7,11,14,19-20H,3,8-10H2,1-2H3/t11-,14-,18+/m0/s1. The summed E-state index contributed by atoms with van der Waals surface area (Å²) in [6.07, 6.45) is 2.99. The van der Waals surface area contributed by atoms with Crippen molar-refractivity contribution in [2.75, 3.05) is 19.0 Å². The Bertz CT molecular complexity index is 667. The van der Waals surface area contributed by atoms with Gasteiger partial charge in [0.15, 0.2) is 0 Å². The molecule has 4 heteroatoms. The average molecular weight is 298 g/mol. The van der Waals surface area contributed by atoms with Crippen LogP contribution in [-0.4, -0.2) is 25.7 Å². The van der Waals surface area contributed by atoms with Gasteiger partial charge in [-0.05, 0) is 43.4 Å². The van der Waals surface area contributed by atoms with Crippen LogP contribution < -0.4 is 10.6 Å². The minimum Gasteiger partial charge on any atom is -0.466 e.